The van der Waals surface area contributed by atoms with Crippen LogP contribution in [0.3, 0.4) is 0 Å². The van der Waals surface area contributed by atoms with Crippen LogP contribution < -0.4 is 5.73 Å². The van der Waals surface area contributed by atoms with Gasteiger partial charge in [0.2, 0.25) is 5.91 Å². The Bertz CT molecular complexity index is 211. The molecule has 0 radical (unpaired) electrons. The first kappa shape index (κ1) is 11.5. The molecule has 2 N–H and O–H groups in total. The van der Waals surface area contributed by atoms with E-state index in [1.54, 1.807) is 4.90 Å². The van der Waals surface area contributed by atoms with Crippen molar-refractivity contribution in [3.63, 3.8) is 0 Å². The molecular formula is C10H20N2O2. The first-order chi connectivity index (χ1) is 6.38. The zero-order chi connectivity index (χ0) is 10.8. The Labute approximate surface area is 85.4 Å². The van der Waals surface area contributed by atoms with Crippen LogP contribution in [0.1, 0.15) is 27.2 Å². The molecule has 0 aromatic carbocycles. The van der Waals surface area contributed by atoms with Crippen molar-refractivity contribution >= 4 is 5.91 Å². The number of carbonyl (C=O) groups is 1. The molecule has 0 aromatic rings. The molecule has 0 spiro atoms. The summed E-state index contributed by atoms with van der Waals surface area (Å²) in [5.74, 6) is 0.0490. The number of hydrogen-bond acceptors (Lipinski definition) is 3. The second-order valence-electron chi connectivity index (χ2n) is 4.79. The maximum atomic E-state index is 11.6. The van der Waals surface area contributed by atoms with Gasteiger partial charge in [-0.3, -0.25) is 4.79 Å². The van der Waals surface area contributed by atoms with Crippen molar-refractivity contribution in [1.29, 1.82) is 0 Å². The van der Waals surface area contributed by atoms with E-state index in [2.05, 4.69) is 0 Å². The van der Waals surface area contributed by atoms with Gasteiger partial charge in [-0.05, 0) is 27.2 Å². The van der Waals surface area contributed by atoms with E-state index in [0.29, 0.717) is 6.54 Å². The number of carbonyl (C=O) groups excluding carboxylic acids is 1. The van der Waals surface area contributed by atoms with Crippen LogP contribution in [0.5, 0.6) is 0 Å². The Morgan fingerprint density at radius 3 is 2.64 bits per heavy atom. The summed E-state index contributed by atoms with van der Waals surface area (Å²) in [6, 6.07) is 0.147. The van der Waals surface area contributed by atoms with Gasteiger partial charge in [0.1, 0.15) is 6.61 Å². The van der Waals surface area contributed by atoms with Gasteiger partial charge >= 0.3 is 0 Å². The quantitative estimate of drug-likeness (QED) is 0.700. The maximum Gasteiger partial charge on any atom is 0.248 e. The van der Waals surface area contributed by atoms with Crippen molar-refractivity contribution in [2.24, 2.45) is 5.73 Å². The molecule has 1 rings (SSSR count). The topological polar surface area (TPSA) is 55.6 Å². The minimum atomic E-state index is -0.252. The van der Waals surface area contributed by atoms with Gasteiger partial charge in [-0.25, -0.2) is 0 Å². The Hall–Kier alpha value is -0.610. The predicted molar refractivity (Wildman–Crippen MR) is 54.9 cm³/mol. The number of nitrogens with zero attached hydrogens (tertiary/aromatic N) is 1. The fourth-order valence-electron chi connectivity index (χ4n) is 1.38. The van der Waals surface area contributed by atoms with Crippen LogP contribution in [0, 0.1) is 0 Å². The highest BCUT2D eigenvalue weighted by Crippen LogP contribution is 2.10. The lowest BCUT2D eigenvalue weighted by atomic mass is 10.2. The lowest BCUT2D eigenvalue weighted by Crippen LogP contribution is -2.36. The van der Waals surface area contributed by atoms with Crippen LogP contribution in [0.2, 0.25) is 0 Å². The third-order valence-corrected chi connectivity index (χ3v) is 2.21. The molecule has 82 valence electrons. The van der Waals surface area contributed by atoms with E-state index in [4.69, 9.17) is 10.5 Å². The van der Waals surface area contributed by atoms with E-state index < -0.39 is 0 Å². The minimum absolute atomic E-state index is 0.0490. The van der Waals surface area contributed by atoms with Crippen LogP contribution in [-0.4, -0.2) is 42.1 Å². The molecule has 0 aliphatic carbocycles. The average molecular weight is 200 g/mol. The smallest absolute Gasteiger partial charge is 0.248 e. The van der Waals surface area contributed by atoms with Crippen molar-refractivity contribution in [1.82, 2.24) is 4.90 Å². The van der Waals surface area contributed by atoms with Gasteiger partial charge in [0.15, 0.2) is 0 Å². The standard InChI is InChI=1S/C10H20N2O2/c1-10(2,3)14-7-9(13)12-5-4-8(11)6-12/h8H,4-7,11H2,1-3H3/t8-/m0/s1. The number of nitrogens with two attached hydrogens (primary N) is 1. The summed E-state index contributed by atoms with van der Waals surface area (Å²) in [7, 11) is 0. The normalized spacial score (nSPS) is 22.9. The molecule has 14 heavy (non-hydrogen) atoms. The van der Waals surface area contributed by atoms with Crippen LogP contribution >= 0.6 is 0 Å². The van der Waals surface area contributed by atoms with Crippen molar-refractivity contribution < 1.29 is 9.53 Å². The fourth-order valence-corrected chi connectivity index (χ4v) is 1.38. The van der Waals surface area contributed by atoms with E-state index in [9.17, 15) is 4.79 Å². The largest absolute Gasteiger partial charge is 0.366 e. The zero-order valence-electron chi connectivity index (χ0n) is 9.25. The van der Waals surface area contributed by atoms with Gasteiger partial charge in [0.25, 0.3) is 0 Å². The van der Waals surface area contributed by atoms with Crippen molar-refractivity contribution in [3.8, 4) is 0 Å². The van der Waals surface area contributed by atoms with Gasteiger partial charge < -0.3 is 15.4 Å². The summed E-state index contributed by atoms with van der Waals surface area (Å²) in [4.78, 5) is 13.4. The predicted octanol–water partition coefficient (Wildman–Crippen LogP) is 0.361. The molecule has 0 aromatic heterocycles. The molecular weight excluding hydrogens is 180 g/mol. The van der Waals surface area contributed by atoms with E-state index in [0.717, 1.165) is 13.0 Å². The highest BCUT2D eigenvalue weighted by Gasteiger charge is 2.24. The van der Waals surface area contributed by atoms with Gasteiger partial charge in [-0.1, -0.05) is 0 Å². The van der Waals surface area contributed by atoms with Crippen molar-refractivity contribution in [2.75, 3.05) is 19.7 Å². The molecule has 1 aliphatic rings. The zero-order valence-corrected chi connectivity index (χ0v) is 9.25. The van der Waals surface area contributed by atoms with Crippen LogP contribution in [0.15, 0.2) is 0 Å². The van der Waals surface area contributed by atoms with Crippen LogP contribution in [0.4, 0.5) is 0 Å². The van der Waals surface area contributed by atoms with E-state index >= 15 is 0 Å². The summed E-state index contributed by atoms with van der Waals surface area (Å²) >= 11 is 0. The summed E-state index contributed by atoms with van der Waals surface area (Å²) in [6.07, 6.45) is 0.904. The Morgan fingerprint density at radius 2 is 2.21 bits per heavy atom. The minimum Gasteiger partial charge on any atom is -0.366 e. The number of amides is 1. The Balaban J connectivity index is 2.29. The molecule has 1 aliphatic heterocycles. The molecule has 1 saturated heterocycles. The van der Waals surface area contributed by atoms with Gasteiger partial charge in [0, 0.05) is 19.1 Å². The summed E-state index contributed by atoms with van der Waals surface area (Å²) in [5.41, 5.74) is 5.46. The second-order valence-corrected chi connectivity index (χ2v) is 4.79. The van der Waals surface area contributed by atoms with Crippen molar-refractivity contribution in [2.45, 2.75) is 38.8 Å². The molecule has 0 bridgehead atoms. The van der Waals surface area contributed by atoms with Crippen LogP contribution in [-0.2, 0) is 9.53 Å². The van der Waals surface area contributed by atoms with Gasteiger partial charge in [-0.2, -0.15) is 0 Å². The third-order valence-electron chi connectivity index (χ3n) is 2.21. The molecule has 4 nitrogen and oxygen atoms in total. The summed E-state index contributed by atoms with van der Waals surface area (Å²) < 4.78 is 5.41. The molecule has 1 atom stereocenters. The number of hydrogen-bond donors (Lipinski definition) is 1. The lowest BCUT2D eigenvalue weighted by Gasteiger charge is -2.22. The van der Waals surface area contributed by atoms with E-state index in [1.807, 2.05) is 20.8 Å². The number of likely N-dealkylation sites (tertiary alicyclic amines) is 1. The van der Waals surface area contributed by atoms with Gasteiger partial charge in [-0.15, -0.1) is 0 Å². The van der Waals surface area contributed by atoms with E-state index in [-0.39, 0.29) is 24.2 Å². The maximum absolute atomic E-state index is 11.6. The second kappa shape index (κ2) is 4.28. The highest BCUT2D eigenvalue weighted by atomic mass is 16.5. The summed E-state index contributed by atoms with van der Waals surface area (Å²) in [5, 5.41) is 0. The number of rotatable bonds is 2. The molecule has 1 amide bonds. The first-order valence-corrected chi connectivity index (χ1v) is 5.06. The molecule has 1 heterocycles. The third kappa shape index (κ3) is 3.64. The van der Waals surface area contributed by atoms with E-state index in [1.165, 1.54) is 0 Å². The van der Waals surface area contributed by atoms with Crippen LogP contribution in [0.25, 0.3) is 0 Å². The SMILES string of the molecule is CC(C)(C)OCC(=O)N1CC[C@H](N)C1. The molecule has 1 fully saturated rings. The van der Waals surface area contributed by atoms with Crippen molar-refractivity contribution in [3.05, 3.63) is 0 Å². The average Bonchev–Trinajstić information content (AvgIpc) is 2.46. The first-order valence-electron chi connectivity index (χ1n) is 5.06. The molecule has 4 heteroatoms. The Morgan fingerprint density at radius 1 is 1.57 bits per heavy atom. The van der Waals surface area contributed by atoms with Gasteiger partial charge in [0.05, 0.1) is 5.60 Å². The lowest BCUT2D eigenvalue weighted by molar-refractivity contribution is -0.139. The summed E-state index contributed by atoms with van der Waals surface area (Å²) in [6.45, 7) is 7.43. The highest BCUT2D eigenvalue weighted by molar-refractivity contribution is 5.77. The monoisotopic (exact) mass is 200 g/mol. The Kier molecular flexibility index (Phi) is 3.50. The molecule has 0 unspecified atom stereocenters. The number of ether oxygens (including phenoxy) is 1. The molecule has 0 saturated carbocycles. The fraction of sp³-hybridized carbons (Fsp3) is 0.900.